The summed E-state index contributed by atoms with van der Waals surface area (Å²) in [6, 6.07) is 7.02. The van der Waals surface area contributed by atoms with Crippen molar-refractivity contribution in [3.05, 3.63) is 56.0 Å². The summed E-state index contributed by atoms with van der Waals surface area (Å²) in [7, 11) is 2.91. The van der Waals surface area contributed by atoms with Gasteiger partial charge in [0.1, 0.15) is 11.5 Å². The number of ether oxygens (including phenoxy) is 2. The Kier molecular flexibility index (Phi) is 6.26. The molecule has 0 saturated carbocycles. The Labute approximate surface area is 175 Å². The van der Waals surface area contributed by atoms with Gasteiger partial charge < -0.3 is 19.2 Å². The number of oxazole rings is 1. The van der Waals surface area contributed by atoms with E-state index >= 15 is 0 Å². The average Bonchev–Trinajstić information content (AvgIpc) is 3.03. The van der Waals surface area contributed by atoms with E-state index < -0.39 is 10.7 Å². The number of aromatic nitrogens is 1. The van der Waals surface area contributed by atoms with Crippen LogP contribution in [0, 0.1) is 10.1 Å². The lowest BCUT2D eigenvalue weighted by atomic mass is 10.2. The number of aryl methyl sites for hydroxylation is 1. The van der Waals surface area contributed by atoms with Gasteiger partial charge in [0, 0.05) is 31.2 Å². The van der Waals surface area contributed by atoms with Crippen molar-refractivity contribution in [2.45, 2.75) is 19.4 Å². The molecule has 0 atom stereocenters. The van der Waals surface area contributed by atoms with Gasteiger partial charge in [-0.15, -0.1) is 0 Å². The fraction of sp³-hybridized carbons (Fsp3) is 0.263. The van der Waals surface area contributed by atoms with Gasteiger partial charge in [-0.1, -0.05) is 11.6 Å². The molecule has 0 aliphatic rings. The number of methoxy groups -OCH3 is 2. The summed E-state index contributed by atoms with van der Waals surface area (Å²) in [5.74, 6) is -0.171. The number of rotatable bonds is 8. The second kappa shape index (κ2) is 8.87. The maximum Gasteiger partial charge on any atom is 0.419 e. The molecule has 0 unspecified atom stereocenters. The predicted molar refractivity (Wildman–Crippen MR) is 110 cm³/mol. The molecule has 3 aromatic rings. The van der Waals surface area contributed by atoms with Crippen molar-refractivity contribution in [1.29, 1.82) is 0 Å². The fourth-order valence-electron chi connectivity index (χ4n) is 2.95. The molecule has 0 bridgehead atoms. The van der Waals surface area contributed by atoms with E-state index in [1.165, 1.54) is 43.1 Å². The predicted octanol–water partition coefficient (Wildman–Crippen LogP) is 3.59. The van der Waals surface area contributed by atoms with Crippen molar-refractivity contribution in [2.75, 3.05) is 19.5 Å². The third kappa shape index (κ3) is 4.38. The molecular weight excluding hydrogens is 418 g/mol. The number of non-ortho nitro benzene ring substituents is 1. The first-order valence-corrected chi connectivity index (χ1v) is 9.21. The van der Waals surface area contributed by atoms with Crippen LogP contribution in [0.1, 0.15) is 12.8 Å². The van der Waals surface area contributed by atoms with Crippen molar-refractivity contribution < 1.29 is 23.6 Å². The van der Waals surface area contributed by atoms with Gasteiger partial charge in [-0.25, -0.2) is 4.79 Å². The molecule has 1 heterocycles. The lowest BCUT2D eigenvalue weighted by molar-refractivity contribution is -0.384. The highest BCUT2D eigenvalue weighted by atomic mass is 35.5. The van der Waals surface area contributed by atoms with Gasteiger partial charge in [-0.05, 0) is 12.5 Å². The Hall–Kier alpha value is -3.53. The van der Waals surface area contributed by atoms with Crippen LogP contribution in [0.3, 0.4) is 0 Å². The Morgan fingerprint density at radius 1 is 1.23 bits per heavy atom. The lowest BCUT2D eigenvalue weighted by Crippen LogP contribution is -2.17. The zero-order chi connectivity index (χ0) is 21.8. The van der Waals surface area contributed by atoms with Crippen LogP contribution in [0.2, 0.25) is 5.02 Å². The van der Waals surface area contributed by atoms with Crippen LogP contribution in [-0.4, -0.2) is 29.6 Å². The average molecular weight is 436 g/mol. The molecule has 0 radical (unpaired) electrons. The van der Waals surface area contributed by atoms with Gasteiger partial charge >= 0.3 is 5.76 Å². The Morgan fingerprint density at radius 2 is 1.97 bits per heavy atom. The van der Waals surface area contributed by atoms with Gasteiger partial charge in [0.15, 0.2) is 5.58 Å². The van der Waals surface area contributed by atoms with E-state index in [9.17, 15) is 19.7 Å². The summed E-state index contributed by atoms with van der Waals surface area (Å²) in [4.78, 5) is 34.7. The molecule has 0 aliphatic heterocycles. The zero-order valence-electron chi connectivity index (χ0n) is 16.1. The Morgan fingerprint density at radius 3 is 2.63 bits per heavy atom. The molecule has 0 spiro atoms. The minimum atomic E-state index is -0.644. The summed E-state index contributed by atoms with van der Waals surface area (Å²) in [5, 5.41) is 13.9. The largest absolute Gasteiger partial charge is 0.495 e. The van der Waals surface area contributed by atoms with Crippen LogP contribution >= 0.6 is 11.6 Å². The number of hydrogen-bond acceptors (Lipinski definition) is 7. The van der Waals surface area contributed by atoms with Crippen molar-refractivity contribution >= 4 is 40.0 Å². The number of anilines is 1. The molecule has 1 aromatic heterocycles. The number of fused-ring (bicyclic) bond motifs is 1. The number of hydrogen-bond donors (Lipinski definition) is 1. The molecule has 0 fully saturated rings. The normalized spacial score (nSPS) is 10.8. The monoisotopic (exact) mass is 435 g/mol. The van der Waals surface area contributed by atoms with E-state index in [0.29, 0.717) is 34.1 Å². The highest BCUT2D eigenvalue weighted by Crippen LogP contribution is 2.35. The number of nitrogens with zero attached hydrogens (tertiary/aromatic N) is 2. The Bertz CT molecular complexity index is 1170. The third-order valence-electron chi connectivity index (χ3n) is 4.40. The molecule has 2 aromatic carbocycles. The van der Waals surface area contributed by atoms with E-state index in [1.807, 2.05) is 0 Å². The van der Waals surface area contributed by atoms with Crippen LogP contribution in [0.4, 0.5) is 11.4 Å². The van der Waals surface area contributed by atoms with E-state index in [2.05, 4.69) is 5.32 Å². The van der Waals surface area contributed by atoms with E-state index in [4.69, 9.17) is 25.5 Å². The number of carbonyl (C=O) groups is 1. The molecule has 1 N–H and O–H groups in total. The number of amides is 1. The van der Waals surface area contributed by atoms with Crippen molar-refractivity contribution in [3.8, 4) is 11.5 Å². The second-order valence-corrected chi connectivity index (χ2v) is 6.67. The first kappa shape index (κ1) is 21.2. The molecule has 1 amide bonds. The van der Waals surface area contributed by atoms with Crippen LogP contribution in [0.5, 0.6) is 11.5 Å². The van der Waals surface area contributed by atoms with Crippen LogP contribution in [0.25, 0.3) is 11.1 Å². The molecule has 30 heavy (non-hydrogen) atoms. The summed E-state index contributed by atoms with van der Waals surface area (Å²) >= 11 is 6.05. The highest BCUT2D eigenvalue weighted by Gasteiger charge is 2.15. The van der Waals surface area contributed by atoms with E-state index in [-0.39, 0.29) is 30.1 Å². The SMILES string of the molecule is COc1cc(NC(=O)CCCn2c(=O)oc3cc([N+](=O)[O-])ccc32)c(OC)cc1Cl. The standard InChI is InChI=1S/C19H18ClN3O7/c1-28-15-10-13(16(29-2)9-12(15)20)21-18(24)4-3-7-22-14-6-5-11(23(26)27)8-17(14)30-19(22)25/h5-6,8-10H,3-4,7H2,1-2H3,(H,21,24). The maximum absolute atomic E-state index is 12.3. The number of benzene rings is 2. The number of nitro benzene ring substituents is 1. The first-order chi connectivity index (χ1) is 14.3. The smallest absolute Gasteiger partial charge is 0.419 e. The van der Waals surface area contributed by atoms with Gasteiger partial charge in [-0.2, -0.15) is 0 Å². The van der Waals surface area contributed by atoms with Crippen molar-refractivity contribution in [1.82, 2.24) is 4.57 Å². The Balaban J connectivity index is 1.67. The van der Waals surface area contributed by atoms with Crippen LogP contribution < -0.4 is 20.5 Å². The van der Waals surface area contributed by atoms with E-state index in [0.717, 1.165) is 0 Å². The van der Waals surface area contributed by atoms with Crippen molar-refractivity contribution in [3.63, 3.8) is 0 Å². The third-order valence-corrected chi connectivity index (χ3v) is 4.69. The molecule has 158 valence electrons. The quantitative estimate of drug-likeness (QED) is 0.423. The number of nitro groups is 1. The first-order valence-electron chi connectivity index (χ1n) is 8.83. The number of carbonyl (C=O) groups excluding carboxylic acids is 1. The zero-order valence-corrected chi connectivity index (χ0v) is 16.9. The highest BCUT2D eigenvalue weighted by molar-refractivity contribution is 6.32. The second-order valence-electron chi connectivity index (χ2n) is 6.27. The molecule has 0 saturated heterocycles. The van der Waals surface area contributed by atoms with Crippen LogP contribution in [0.15, 0.2) is 39.5 Å². The minimum absolute atomic E-state index is 0.111. The van der Waals surface area contributed by atoms with E-state index in [1.54, 1.807) is 6.07 Å². The molecular formula is C19H18ClN3O7. The summed E-state index contributed by atoms with van der Waals surface area (Å²) in [6.07, 6.45) is 0.449. The summed E-state index contributed by atoms with van der Waals surface area (Å²) < 4.78 is 16.8. The number of nitrogens with one attached hydrogen (secondary N) is 1. The minimum Gasteiger partial charge on any atom is -0.495 e. The molecule has 3 rings (SSSR count). The van der Waals surface area contributed by atoms with Gasteiger partial charge in [0.2, 0.25) is 5.91 Å². The van der Waals surface area contributed by atoms with Gasteiger partial charge in [-0.3, -0.25) is 19.5 Å². The maximum atomic E-state index is 12.3. The van der Waals surface area contributed by atoms with Gasteiger partial charge in [0.05, 0.1) is 41.4 Å². The molecule has 0 aliphatic carbocycles. The molecule has 11 heteroatoms. The van der Waals surface area contributed by atoms with Gasteiger partial charge in [0.25, 0.3) is 5.69 Å². The number of halogens is 1. The topological polar surface area (TPSA) is 126 Å². The fourth-order valence-corrected chi connectivity index (χ4v) is 3.18. The summed E-state index contributed by atoms with van der Waals surface area (Å²) in [5.41, 5.74) is 0.781. The lowest BCUT2D eigenvalue weighted by Gasteiger charge is -2.13. The summed E-state index contributed by atoms with van der Waals surface area (Å²) in [6.45, 7) is 0.206. The van der Waals surface area contributed by atoms with Crippen molar-refractivity contribution in [2.24, 2.45) is 0 Å². The molecule has 10 nitrogen and oxygen atoms in total. The van der Waals surface area contributed by atoms with Crippen LogP contribution in [-0.2, 0) is 11.3 Å².